The molecule has 3 nitrogen and oxygen atoms in total. The van der Waals surface area contributed by atoms with Crippen molar-refractivity contribution in [1.82, 2.24) is 15.2 Å². The lowest BCUT2D eigenvalue weighted by molar-refractivity contribution is 0.192. The molecule has 0 bridgehead atoms. The number of nitrogens with zero attached hydrogens (tertiary/aromatic N) is 2. The maximum atomic E-state index is 4.45. The largest absolute Gasteiger partial charge is 0.317 e. The predicted octanol–water partition coefficient (Wildman–Crippen LogP) is 2.00. The van der Waals surface area contributed by atoms with Gasteiger partial charge in [0.2, 0.25) is 0 Å². The summed E-state index contributed by atoms with van der Waals surface area (Å²) in [6.45, 7) is 5.51. The van der Waals surface area contributed by atoms with Crippen molar-refractivity contribution in [1.29, 1.82) is 0 Å². The zero-order valence-corrected chi connectivity index (χ0v) is 11.5. The summed E-state index contributed by atoms with van der Waals surface area (Å²) in [6, 6.07) is 4.86. The Kier molecular flexibility index (Phi) is 5.89. The molecule has 0 aliphatic carbocycles. The molecule has 2 rings (SSSR count). The molecular weight excluding hydrogens is 234 g/mol. The Hall–Kier alpha value is -0.640. The van der Waals surface area contributed by atoms with E-state index in [0.717, 1.165) is 6.54 Å². The molecule has 0 atom stereocenters. The molecule has 4 heteroatoms. The summed E-state index contributed by atoms with van der Waals surface area (Å²) in [5.41, 5.74) is 2.53. The van der Waals surface area contributed by atoms with Crippen molar-refractivity contribution in [2.75, 3.05) is 20.1 Å². The molecule has 1 aromatic rings. The fraction of sp³-hybridized carbons (Fsp3) is 0.615. The second kappa shape index (κ2) is 6.94. The van der Waals surface area contributed by atoms with E-state index in [2.05, 4.69) is 35.2 Å². The van der Waals surface area contributed by atoms with Crippen LogP contribution in [0, 0.1) is 6.92 Å². The van der Waals surface area contributed by atoms with Crippen LogP contribution < -0.4 is 5.32 Å². The van der Waals surface area contributed by atoms with Crippen molar-refractivity contribution in [3.8, 4) is 0 Å². The van der Waals surface area contributed by atoms with E-state index in [1.165, 1.54) is 37.2 Å². The van der Waals surface area contributed by atoms with Gasteiger partial charge in [0.1, 0.15) is 0 Å². The number of rotatable bonds is 3. The molecule has 1 fully saturated rings. The minimum atomic E-state index is 0. The van der Waals surface area contributed by atoms with Crippen molar-refractivity contribution in [2.45, 2.75) is 32.4 Å². The van der Waals surface area contributed by atoms with Gasteiger partial charge in [0, 0.05) is 31.9 Å². The van der Waals surface area contributed by atoms with Gasteiger partial charge in [-0.05, 0) is 38.4 Å². The standard InChI is InChI=1S/C13H21N3.ClH/c1-11-4-3-7-15-13(11)10-16-8-5-12(14-2)6-9-16;/h3-4,7,12,14H,5-6,8-10H2,1-2H3;1H. The molecule has 0 amide bonds. The van der Waals surface area contributed by atoms with E-state index in [0.29, 0.717) is 6.04 Å². The fourth-order valence-electron chi connectivity index (χ4n) is 2.28. The SMILES string of the molecule is CNC1CCN(Cc2ncccc2C)CC1.Cl. The zero-order valence-electron chi connectivity index (χ0n) is 10.6. The number of aromatic nitrogens is 1. The first-order valence-corrected chi connectivity index (χ1v) is 6.09. The van der Waals surface area contributed by atoms with Gasteiger partial charge in [0.15, 0.2) is 0 Å². The molecule has 0 radical (unpaired) electrons. The van der Waals surface area contributed by atoms with Gasteiger partial charge in [0.05, 0.1) is 5.69 Å². The van der Waals surface area contributed by atoms with E-state index in [1.54, 1.807) is 0 Å². The van der Waals surface area contributed by atoms with Gasteiger partial charge >= 0.3 is 0 Å². The Morgan fingerprint density at radius 3 is 2.71 bits per heavy atom. The molecule has 1 aromatic heterocycles. The van der Waals surface area contributed by atoms with Crippen LogP contribution in [-0.2, 0) is 6.54 Å². The lowest BCUT2D eigenvalue weighted by atomic mass is 10.0. The highest BCUT2D eigenvalue weighted by Crippen LogP contribution is 2.14. The summed E-state index contributed by atoms with van der Waals surface area (Å²) in [7, 11) is 2.06. The van der Waals surface area contributed by atoms with Crippen molar-refractivity contribution < 1.29 is 0 Å². The first-order valence-electron chi connectivity index (χ1n) is 6.09. The second-order valence-corrected chi connectivity index (χ2v) is 4.61. The minimum absolute atomic E-state index is 0. The van der Waals surface area contributed by atoms with Crippen LogP contribution >= 0.6 is 12.4 Å². The molecule has 2 heterocycles. The quantitative estimate of drug-likeness (QED) is 0.896. The zero-order chi connectivity index (χ0) is 11.4. The molecule has 1 N–H and O–H groups in total. The summed E-state index contributed by atoms with van der Waals surface area (Å²) in [4.78, 5) is 6.96. The van der Waals surface area contributed by atoms with Crippen LogP contribution in [0.15, 0.2) is 18.3 Å². The fourth-order valence-corrected chi connectivity index (χ4v) is 2.28. The summed E-state index contributed by atoms with van der Waals surface area (Å²) < 4.78 is 0. The van der Waals surface area contributed by atoms with Crippen LogP contribution in [0.3, 0.4) is 0 Å². The Labute approximate surface area is 110 Å². The van der Waals surface area contributed by atoms with Gasteiger partial charge in [-0.25, -0.2) is 0 Å². The van der Waals surface area contributed by atoms with Gasteiger partial charge in [0.25, 0.3) is 0 Å². The molecule has 1 aliphatic rings. The van der Waals surface area contributed by atoms with E-state index in [1.807, 2.05) is 12.3 Å². The second-order valence-electron chi connectivity index (χ2n) is 4.61. The lowest BCUT2D eigenvalue weighted by Crippen LogP contribution is -2.40. The summed E-state index contributed by atoms with van der Waals surface area (Å²) in [5.74, 6) is 0. The lowest BCUT2D eigenvalue weighted by Gasteiger charge is -2.31. The number of likely N-dealkylation sites (tertiary alicyclic amines) is 1. The molecule has 0 unspecified atom stereocenters. The van der Waals surface area contributed by atoms with Gasteiger partial charge in [-0.15, -0.1) is 12.4 Å². The number of pyridine rings is 1. The van der Waals surface area contributed by atoms with Gasteiger partial charge in [-0.1, -0.05) is 6.07 Å². The number of halogens is 1. The molecule has 1 aliphatic heterocycles. The van der Waals surface area contributed by atoms with Crippen molar-refractivity contribution in [2.24, 2.45) is 0 Å². The van der Waals surface area contributed by atoms with E-state index in [-0.39, 0.29) is 12.4 Å². The molecule has 96 valence electrons. The average Bonchev–Trinajstić information content (AvgIpc) is 2.33. The smallest absolute Gasteiger partial charge is 0.0573 e. The number of hydrogen-bond acceptors (Lipinski definition) is 3. The first kappa shape index (κ1) is 14.4. The van der Waals surface area contributed by atoms with E-state index < -0.39 is 0 Å². The van der Waals surface area contributed by atoms with Crippen LogP contribution in [-0.4, -0.2) is 36.1 Å². The van der Waals surface area contributed by atoms with Crippen molar-refractivity contribution >= 4 is 12.4 Å². The summed E-state index contributed by atoms with van der Waals surface area (Å²) in [6.07, 6.45) is 4.40. The highest BCUT2D eigenvalue weighted by molar-refractivity contribution is 5.85. The van der Waals surface area contributed by atoms with Crippen LogP contribution in [0.1, 0.15) is 24.1 Å². The van der Waals surface area contributed by atoms with Gasteiger partial charge < -0.3 is 5.32 Å². The Bertz CT molecular complexity index is 335. The maximum absolute atomic E-state index is 4.45. The van der Waals surface area contributed by atoms with Crippen molar-refractivity contribution in [3.63, 3.8) is 0 Å². The van der Waals surface area contributed by atoms with Gasteiger partial charge in [-0.2, -0.15) is 0 Å². The van der Waals surface area contributed by atoms with E-state index in [4.69, 9.17) is 0 Å². The average molecular weight is 256 g/mol. The summed E-state index contributed by atoms with van der Waals surface area (Å²) >= 11 is 0. The van der Waals surface area contributed by atoms with E-state index >= 15 is 0 Å². The van der Waals surface area contributed by atoms with Crippen LogP contribution in [0.5, 0.6) is 0 Å². The molecule has 0 spiro atoms. The third-order valence-electron chi connectivity index (χ3n) is 3.49. The Balaban J connectivity index is 0.00000144. The molecular formula is C13H22ClN3. The molecule has 1 saturated heterocycles. The van der Waals surface area contributed by atoms with Crippen LogP contribution in [0.4, 0.5) is 0 Å². The van der Waals surface area contributed by atoms with Crippen LogP contribution in [0.25, 0.3) is 0 Å². The predicted molar refractivity (Wildman–Crippen MR) is 73.6 cm³/mol. The normalized spacial score (nSPS) is 17.8. The third-order valence-corrected chi connectivity index (χ3v) is 3.49. The first-order chi connectivity index (χ1) is 7.79. The highest BCUT2D eigenvalue weighted by Gasteiger charge is 2.18. The minimum Gasteiger partial charge on any atom is -0.317 e. The van der Waals surface area contributed by atoms with Crippen LogP contribution in [0.2, 0.25) is 0 Å². The molecule has 0 saturated carbocycles. The number of hydrogen-bond donors (Lipinski definition) is 1. The number of piperidine rings is 1. The van der Waals surface area contributed by atoms with E-state index in [9.17, 15) is 0 Å². The molecule has 17 heavy (non-hydrogen) atoms. The topological polar surface area (TPSA) is 28.2 Å². The van der Waals surface area contributed by atoms with Crippen molar-refractivity contribution in [3.05, 3.63) is 29.6 Å². The number of nitrogens with one attached hydrogen (secondary N) is 1. The number of aryl methyl sites for hydroxylation is 1. The highest BCUT2D eigenvalue weighted by atomic mass is 35.5. The maximum Gasteiger partial charge on any atom is 0.0573 e. The van der Waals surface area contributed by atoms with Gasteiger partial charge in [-0.3, -0.25) is 9.88 Å². The molecule has 0 aromatic carbocycles. The summed E-state index contributed by atoms with van der Waals surface area (Å²) in [5, 5.41) is 3.36. The Morgan fingerprint density at radius 2 is 2.12 bits per heavy atom. The Morgan fingerprint density at radius 1 is 1.41 bits per heavy atom. The third kappa shape index (κ3) is 3.95. The monoisotopic (exact) mass is 255 g/mol.